The highest BCUT2D eigenvalue weighted by atomic mass is 16.5. The van der Waals surface area contributed by atoms with E-state index in [1.165, 1.54) is 11.3 Å². The topological polar surface area (TPSA) is 47.3 Å². The highest BCUT2D eigenvalue weighted by Gasteiger charge is 2.11. The summed E-state index contributed by atoms with van der Waals surface area (Å²) in [6, 6.07) is 8.40. The molecule has 0 saturated carbocycles. The highest BCUT2D eigenvalue weighted by molar-refractivity contribution is 5.51. The third kappa shape index (κ3) is 4.67. The first kappa shape index (κ1) is 15.0. The molecule has 0 aliphatic rings. The summed E-state index contributed by atoms with van der Waals surface area (Å²) in [6.07, 6.45) is 0.939. The van der Waals surface area contributed by atoms with E-state index in [1.807, 2.05) is 0 Å². The Morgan fingerprint density at radius 3 is 2.61 bits per heavy atom. The van der Waals surface area contributed by atoms with E-state index in [4.69, 9.17) is 10.5 Å². The number of benzene rings is 1. The van der Waals surface area contributed by atoms with Gasteiger partial charge in [0.2, 0.25) is 0 Å². The fourth-order valence-electron chi connectivity index (χ4n) is 1.96. The number of rotatable bonds is 8. The van der Waals surface area contributed by atoms with Gasteiger partial charge in [-0.15, -0.1) is 0 Å². The van der Waals surface area contributed by atoms with Crippen LogP contribution in [0, 0.1) is 11.8 Å². The van der Waals surface area contributed by atoms with Gasteiger partial charge in [0.1, 0.15) is 0 Å². The van der Waals surface area contributed by atoms with Gasteiger partial charge in [0.25, 0.3) is 0 Å². The third-order valence-corrected chi connectivity index (χ3v) is 3.39. The quantitative estimate of drug-likeness (QED) is 0.745. The molecule has 0 aliphatic carbocycles. The Bertz CT molecular complexity index is 339. The molecular formula is C15H26N2O. The SMILES string of the molecule is COCCc1ccccc1NCC(CN)C(C)C. The molecule has 0 radical (unpaired) electrons. The maximum absolute atomic E-state index is 5.80. The van der Waals surface area contributed by atoms with Crippen LogP contribution in [0.25, 0.3) is 0 Å². The Morgan fingerprint density at radius 1 is 1.28 bits per heavy atom. The first-order chi connectivity index (χ1) is 8.69. The first-order valence-electron chi connectivity index (χ1n) is 6.69. The zero-order chi connectivity index (χ0) is 13.4. The van der Waals surface area contributed by atoms with Gasteiger partial charge >= 0.3 is 0 Å². The van der Waals surface area contributed by atoms with Crippen LogP contribution < -0.4 is 11.1 Å². The molecule has 0 bridgehead atoms. The van der Waals surface area contributed by atoms with E-state index >= 15 is 0 Å². The molecule has 1 aromatic rings. The minimum Gasteiger partial charge on any atom is -0.384 e. The number of nitrogens with two attached hydrogens (primary N) is 1. The van der Waals surface area contributed by atoms with Gasteiger partial charge in [-0.05, 0) is 36.4 Å². The average Bonchev–Trinajstić information content (AvgIpc) is 2.38. The van der Waals surface area contributed by atoms with Crippen LogP contribution in [0.3, 0.4) is 0 Å². The van der Waals surface area contributed by atoms with Crippen LogP contribution >= 0.6 is 0 Å². The molecule has 0 fully saturated rings. The lowest BCUT2D eigenvalue weighted by Crippen LogP contribution is -2.27. The van der Waals surface area contributed by atoms with Gasteiger partial charge in [0, 0.05) is 19.3 Å². The maximum atomic E-state index is 5.80. The number of ether oxygens (including phenoxy) is 1. The number of hydrogen-bond donors (Lipinski definition) is 2. The van der Waals surface area contributed by atoms with Crippen molar-refractivity contribution in [3.8, 4) is 0 Å². The van der Waals surface area contributed by atoms with E-state index in [9.17, 15) is 0 Å². The van der Waals surface area contributed by atoms with Crippen molar-refractivity contribution in [3.05, 3.63) is 29.8 Å². The summed E-state index contributed by atoms with van der Waals surface area (Å²) in [7, 11) is 1.74. The van der Waals surface area contributed by atoms with Crippen molar-refractivity contribution in [1.82, 2.24) is 0 Å². The molecule has 0 saturated heterocycles. The normalized spacial score (nSPS) is 12.7. The Hall–Kier alpha value is -1.06. The molecule has 1 rings (SSSR count). The molecule has 0 aliphatic heterocycles. The molecule has 1 unspecified atom stereocenters. The summed E-state index contributed by atoms with van der Waals surface area (Å²) in [5.41, 5.74) is 8.30. The van der Waals surface area contributed by atoms with Crippen LogP contribution in [-0.2, 0) is 11.2 Å². The summed E-state index contributed by atoms with van der Waals surface area (Å²) < 4.78 is 5.14. The lowest BCUT2D eigenvalue weighted by molar-refractivity contribution is 0.202. The molecule has 102 valence electrons. The van der Waals surface area contributed by atoms with Gasteiger partial charge in [0.05, 0.1) is 6.61 Å². The van der Waals surface area contributed by atoms with Crippen molar-refractivity contribution in [2.75, 3.05) is 32.1 Å². The fraction of sp³-hybridized carbons (Fsp3) is 0.600. The van der Waals surface area contributed by atoms with Crippen molar-refractivity contribution in [1.29, 1.82) is 0 Å². The summed E-state index contributed by atoms with van der Waals surface area (Å²) >= 11 is 0. The zero-order valence-electron chi connectivity index (χ0n) is 11.8. The van der Waals surface area contributed by atoms with Crippen LogP contribution in [0.4, 0.5) is 5.69 Å². The van der Waals surface area contributed by atoms with E-state index < -0.39 is 0 Å². The monoisotopic (exact) mass is 250 g/mol. The summed E-state index contributed by atoms with van der Waals surface area (Å²) in [6.45, 7) is 6.85. The Labute approximate surface area is 111 Å². The maximum Gasteiger partial charge on any atom is 0.0503 e. The van der Waals surface area contributed by atoms with Crippen LogP contribution in [0.5, 0.6) is 0 Å². The van der Waals surface area contributed by atoms with Crippen molar-refractivity contribution < 1.29 is 4.74 Å². The molecule has 0 heterocycles. The minimum atomic E-state index is 0.514. The second-order valence-corrected chi connectivity index (χ2v) is 5.02. The predicted molar refractivity (Wildman–Crippen MR) is 77.9 cm³/mol. The van der Waals surface area contributed by atoms with Gasteiger partial charge in [-0.25, -0.2) is 0 Å². The van der Waals surface area contributed by atoms with Crippen molar-refractivity contribution >= 4 is 5.69 Å². The predicted octanol–water partition coefficient (Wildman–Crippen LogP) is 2.52. The lowest BCUT2D eigenvalue weighted by atomic mass is 9.96. The van der Waals surface area contributed by atoms with Gasteiger partial charge in [-0.2, -0.15) is 0 Å². The molecule has 0 spiro atoms. The van der Waals surface area contributed by atoms with Crippen molar-refractivity contribution in [2.45, 2.75) is 20.3 Å². The molecule has 18 heavy (non-hydrogen) atoms. The minimum absolute atomic E-state index is 0.514. The van der Waals surface area contributed by atoms with Gasteiger partial charge in [0.15, 0.2) is 0 Å². The van der Waals surface area contributed by atoms with E-state index in [0.717, 1.165) is 26.1 Å². The number of hydrogen-bond acceptors (Lipinski definition) is 3. The second-order valence-electron chi connectivity index (χ2n) is 5.02. The smallest absolute Gasteiger partial charge is 0.0503 e. The largest absolute Gasteiger partial charge is 0.384 e. The Kier molecular flexibility index (Phi) is 6.76. The van der Waals surface area contributed by atoms with Crippen molar-refractivity contribution in [3.63, 3.8) is 0 Å². The zero-order valence-corrected chi connectivity index (χ0v) is 11.8. The lowest BCUT2D eigenvalue weighted by Gasteiger charge is -2.21. The number of methoxy groups -OCH3 is 1. The summed E-state index contributed by atoms with van der Waals surface area (Å²) in [5.74, 6) is 1.12. The van der Waals surface area contributed by atoms with Gasteiger partial charge < -0.3 is 15.8 Å². The Morgan fingerprint density at radius 2 is 2.00 bits per heavy atom. The van der Waals surface area contributed by atoms with Crippen LogP contribution in [-0.4, -0.2) is 26.8 Å². The van der Waals surface area contributed by atoms with Gasteiger partial charge in [-0.1, -0.05) is 32.0 Å². The summed E-state index contributed by atoms with van der Waals surface area (Å²) in [4.78, 5) is 0. The molecule has 1 atom stereocenters. The standard InChI is InChI=1S/C15H26N2O/c1-12(2)14(10-16)11-17-15-7-5-4-6-13(15)8-9-18-3/h4-7,12,14,17H,8-11,16H2,1-3H3. The fourth-order valence-corrected chi connectivity index (χ4v) is 1.96. The molecule has 3 N–H and O–H groups in total. The van der Waals surface area contributed by atoms with E-state index in [0.29, 0.717) is 11.8 Å². The van der Waals surface area contributed by atoms with Crippen molar-refractivity contribution in [2.24, 2.45) is 17.6 Å². The first-order valence-corrected chi connectivity index (χ1v) is 6.69. The number of para-hydroxylation sites is 1. The number of nitrogens with one attached hydrogen (secondary N) is 1. The second kappa shape index (κ2) is 8.11. The van der Waals surface area contributed by atoms with Crippen LogP contribution in [0.2, 0.25) is 0 Å². The van der Waals surface area contributed by atoms with E-state index in [-0.39, 0.29) is 0 Å². The van der Waals surface area contributed by atoms with E-state index in [1.54, 1.807) is 7.11 Å². The number of anilines is 1. The van der Waals surface area contributed by atoms with Crippen LogP contribution in [0.1, 0.15) is 19.4 Å². The average molecular weight is 250 g/mol. The van der Waals surface area contributed by atoms with E-state index in [2.05, 4.69) is 43.4 Å². The molecule has 3 nitrogen and oxygen atoms in total. The molecule has 3 heteroatoms. The summed E-state index contributed by atoms with van der Waals surface area (Å²) in [5, 5.41) is 3.52. The van der Waals surface area contributed by atoms with Crippen LogP contribution in [0.15, 0.2) is 24.3 Å². The third-order valence-electron chi connectivity index (χ3n) is 3.39. The molecule has 1 aromatic carbocycles. The Balaban J connectivity index is 2.60. The molecular weight excluding hydrogens is 224 g/mol. The molecule has 0 amide bonds. The molecule has 0 aromatic heterocycles. The van der Waals surface area contributed by atoms with Gasteiger partial charge in [-0.3, -0.25) is 0 Å². The highest BCUT2D eigenvalue weighted by Crippen LogP contribution is 2.17.